The quantitative estimate of drug-likeness (QED) is 0.911. The van der Waals surface area contributed by atoms with Gasteiger partial charge in [0.15, 0.2) is 11.5 Å². The zero-order valence-electron chi connectivity index (χ0n) is 13.9. The van der Waals surface area contributed by atoms with E-state index < -0.39 is 0 Å². The molecule has 2 aliphatic rings. The van der Waals surface area contributed by atoms with E-state index in [1.54, 1.807) is 12.1 Å². The molecule has 0 bridgehead atoms. The molecule has 6 heteroatoms. The highest BCUT2D eigenvalue weighted by Gasteiger charge is 2.20. The van der Waals surface area contributed by atoms with Crippen molar-refractivity contribution in [3.8, 4) is 17.2 Å². The lowest BCUT2D eigenvalue weighted by molar-refractivity contribution is 0.171. The van der Waals surface area contributed by atoms with Crippen molar-refractivity contribution in [1.29, 1.82) is 0 Å². The van der Waals surface area contributed by atoms with Gasteiger partial charge >= 0.3 is 0 Å². The second-order valence-electron chi connectivity index (χ2n) is 6.38. The fourth-order valence-corrected chi connectivity index (χ4v) is 3.63. The Hall–Kier alpha value is -2.11. The van der Waals surface area contributed by atoms with Crippen molar-refractivity contribution in [3.05, 3.63) is 47.0 Å². The van der Waals surface area contributed by atoms with Crippen LogP contribution in [0.2, 0.25) is 5.02 Å². The van der Waals surface area contributed by atoms with Gasteiger partial charge in [0.25, 0.3) is 0 Å². The monoisotopic (exact) mass is 360 g/mol. The third-order valence-electron chi connectivity index (χ3n) is 4.65. The van der Waals surface area contributed by atoms with E-state index in [4.69, 9.17) is 21.1 Å². The predicted molar refractivity (Wildman–Crippen MR) is 98.0 cm³/mol. The second-order valence-corrected chi connectivity index (χ2v) is 6.79. The Morgan fingerprint density at radius 3 is 2.44 bits per heavy atom. The number of phenols is 1. The lowest BCUT2D eigenvalue weighted by atomic mass is 10.1. The SMILES string of the molecule is Oc1ccc(N2CCN(Cc3cc(Cl)c4c(c3)OCCO4)CC2)cc1. The van der Waals surface area contributed by atoms with E-state index in [0.717, 1.165) is 49.7 Å². The number of piperazine rings is 1. The van der Waals surface area contributed by atoms with Crippen molar-refractivity contribution in [1.82, 2.24) is 4.90 Å². The van der Waals surface area contributed by atoms with Crippen molar-refractivity contribution < 1.29 is 14.6 Å². The number of aromatic hydroxyl groups is 1. The number of rotatable bonds is 3. The summed E-state index contributed by atoms with van der Waals surface area (Å²) in [4.78, 5) is 4.76. The normalized spacial score (nSPS) is 17.6. The van der Waals surface area contributed by atoms with Gasteiger partial charge in [-0.2, -0.15) is 0 Å². The Kier molecular flexibility index (Phi) is 4.59. The molecular weight excluding hydrogens is 340 g/mol. The van der Waals surface area contributed by atoms with Gasteiger partial charge in [-0.15, -0.1) is 0 Å². The molecule has 132 valence electrons. The summed E-state index contributed by atoms with van der Waals surface area (Å²) in [7, 11) is 0. The van der Waals surface area contributed by atoms with E-state index in [1.807, 2.05) is 24.3 Å². The van der Waals surface area contributed by atoms with E-state index >= 15 is 0 Å². The van der Waals surface area contributed by atoms with Crippen LogP contribution in [0.5, 0.6) is 17.2 Å². The van der Waals surface area contributed by atoms with E-state index in [-0.39, 0.29) is 0 Å². The summed E-state index contributed by atoms with van der Waals surface area (Å²) >= 11 is 6.33. The average Bonchev–Trinajstić information content (AvgIpc) is 2.63. The van der Waals surface area contributed by atoms with Crippen LogP contribution >= 0.6 is 11.6 Å². The number of anilines is 1. The smallest absolute Gasteiger partial charge is 0.179 e. The second kappa shape index (κ2) is 7.02. The first kappa shape index (κ1) is 16.4. The number of phenolic OH excluding ortho intramolecular Hbond substituents is 1. The van der Waals surface area contributed by atoms with Crippen LogP contribution in [0.15, 0.2) is 36.4 Å². The fourth-order valence-electron chi connectivity index (χ4n) is 3.34. The Labute approximate surface area is 152 Å². The molecule has 0 amide bonds. The topological polar surface area (TPSA) is 45.2 Å². The lowest BCUT2D eigenvalue weighted by Crippen LogP contribution is -2.45. The summed E-state index contributed by atoms with van der Waals surface area (Å²) in [6.07, 6.45) is 0. The lowest BCUT2D eigenvalue weighted by Gasteiger charge is -2.36. The molecule has 2 aliphatic heterocycles. The maximum Gasteiger partial charge on any atom is 0.179 e. The zero-order valence-corrected chi connectivity index (χ0v) is 14.7. The number of nitrogens with zero attached hydrogens (tertiary/aromatic N) is 2. The summed E-state index contributed by atoms with van der Waals surface area (Å²) in [5.74, 6) is 1.71. The van der Waals surface area contributed by atoms with E-state index in [0.29, 0.717) is 29.7 Å². The van der Waals surface area contributed by atoms with E-state index in [2.05, 4.69) is 9.80 Å². The molecule has 1 saturated heterocycles. The first-order valence-corrected chi connectivity index (χ1v) is 8.91. The maximum atomic E-state index is 9.41. The third kappa shape index (κ3) is 3.62. The fraction of sp³-hybridized carbons (Fsp3) is 0.368. The first-order valence-electron chi connectivity index (χ1n) is 8.53. The maximum absolute atomic E-state index is 9.41. The van der Waals surface area contributed by atoms with Crippen molar-refractivity contribution in [2.24, 2.45) is 0 Å². The van der Waals surface area contributed by atoms with Crippen LogP contribution in [0.25, 0.3) is 0 Å². The summed E-state index contributed by atoms with van der Waals surface area (Å²) in [5, 5.41) is 10.0. The van der Waals surface area contributed by atoms with Gasteiger partial charge in [0, 0.05) is 38.4 Å². The van der Waals surface area contributed by atoms with Gasteiger partial charge in [0.2, 0.25) is 0 Å². The molecule has 2 aromatic carbocycles. The molecular formula is C19H21ClN2O3. The van der Waals surface area contributed by atoms with Crippen LogP contribution in [0, 0.1) is 0 Å². The van der Waals surface area contributed by atoms with Crippen molar-refractivity contribution >= 4 is 17.3 Å². The number of hydrogen-bond acceptors (Lipinski definition) is 5. The zero-order chi connectivity index (χ0) is 17.2. The van der Waals surface area contributed by atoms with Gasteiger partial charge in [-0.3, -0.25) is 4.90 Å². The van der Waals surface area contributed by atoms with Crippen LogP contribution in [0.1, 0.15) is 5.56 Å². The van der Waals surface area contributed by atoms with Crippen molar-refractivity contribution in [3.63, 3.8) is 0 Å². The Bertz CT molecular complexity index is 743. The highest BCUT2D eigenvalue weighted by molar-refractivity contribution is 6.32. The largest absolute Gasteiger partial charge is 0.508 e. The molecule has 25 heavy (non-hydrogen) atoms. The predicted octanol–water partition coefficient (Wildman–Crippen LogP) is 3.14. The number of halogens is 1. The number of fused-ring (bicyclic) bond motifs is 1. The molecule has 2 heterocycles. The Morgan fingerprint density at radius 1 is 0.960 bits per heavy atom. The van der Waals surface area contributed by atoms with Gasteiger partial charge in [0.1, 0.15) is 19.0 Å². The van der Waals surface area contributed by atoms with Crippen LogP contribution in [-0.4, -0.2) is 49.4 Å². The summed E-state index contributed by atoms with van der Waals surface area (Å²) in [5.41, 5.74) is 2.30. The van der Waals surface area contributed by atoms with Crippen molar-refractivity contribution in [2.75, 3.05) is 44.3 Å². The van der Waals surface area contributed by atoms with Crippen LogP contribution in [-0.2, 0) is 6.54 Å². The Balaban J connectivity index is 1.39. The standard InChI is InChI=1S/C19H21ClN2O3/c20-17-11-14(12-18-19(17)25-10-9-24-18)13-21-5-7-22(8-6-21)15-1-3-16(23)4-2-15/h1-4,11-12,23H,5-10,13H2. The van der Waals surface area contributed by atoms with Gasteiger partial charge in [-0.05, 0) is 42.0 Å². The highest BCUT2D eigenvalue weighted by Crippen LogP contribution is 2.38. The van der Waals surface area contributed by atoms with Gasteiger partial charge in [0.05, 0.1) is 5.02 Å². The Morgan fingerprint density at radius 2 is 1.68 bits per heavy atom. The molecule has 2 aromatic rings. The summed E-state index contributed by atoms with van der Waals surface area (Å²) in [6.45, 7) is 5.84. The van der Waals surface area contributed by atoms with Gasteiger partial charge in [-0.1, -0.05) is 11.6 Å². The van der Waals surface area contributed by atoms with Crippen LogP contribution < -0.4 is 14.4 Å². The molecule has 0 radical (unpaired) electrons. The minimum absolute atomic E-state index is 0.304. The summed E-state index contributed by atoms with van der Waals surface area (Å²) < 4.78 is 11.2. The number of hydrogen-bond donors (Lipinski definition) is 1. The molecule has 1 N–H and O–H groups in total. The van der Waals surface area contributed by atoms with Crippen LogP contribution in [0.4, 0.5) is 5.69 Å². The molecule has 0 spiro atoms. The summed E-state index contributed by atoms with van der Waals surface area (Å²) in [6, 6.07) is 11.4. The first-order chi connectivity index (χ1) is 12.2. The average molecular weight is 361 g/mol. The van der Waals surface area contributed by atoms with Crippen molar-refractivity contribution in [2.45, 2.75) is 6.54 Å². The molecule has 1 fully saturated rings. The molecule has 0 saturated carbocycles. The molecule has 0 aliphatic carbocycles. The molecule has 4 rings (SSSR count). The minimum atomic E-state index is 0.304. The highest BCUT2D eigenvalue weighted by atomic mass is 35.5. The van der Waals surface area contributed by atoms with Gasteiger partial charge in [-0.25, -0.2) is 0 Å². The molecule has 0 aromatic heterocycles. The molecule has 0 unspecified atom stereocenters. The number of benzene rings is 2. The third-order valence-corrected chi connectivity index (χ3v) is 4.93. The molecule has 5 nitrogen and oxygen atoms in total. The van der Waals surface area contributed by atoms with Crippen LogP contribution in [0.3, 0.4) is 0 Å². The minimum Gasteiger partial charge on any atom is -0.508 e. The van der Waals surface area contributed by atoms with Gasteiger partial charge < -0.3 is 19.5 Å². The molecule has 0 atom stereocenters. The number of ether oxygens (including phenoxy) is 2. The van der Waals surface area contributed by atoms with E-state index in [9.17, 15) is 5.11 Å². The van der Waals surface area contributed by atoms with E-state index in [1.165, 1.54) is 0 Å².